The van der Waals surface area contributed by atoms with Crippen LogP contribution in [0.15, 0.2) is 0 Å². The van der Waals surface area contributed by atoms with Gasteiger partial charge in [0, 0.05) is 18.7 Å². The summed E-state index contributed by atoms with van der Waals surface area (Å²) >= 11 is 0. The minimum Gasteiger partial charge on any atom is -0.481 e. The van der Waals surface area contributed by atoms with Crippen LogP contribution < -0.4 is 5.73 Å². The van der Waals surface area contributed by atoms with Crippen molar-refractivity contribution in [3.05, 3.63) is 0 Å². The number of hydrogen-bond donors (Lipinski definition) is 3. The van der Waals surface area contributed by atoms with Gasteiger partial charge < -0.3 is 15.7 Å². The summed E-state index contributed by atoms with van der Waals surface area (Å²) < 4.78 is 12.0. The lowest BCUT2D eigenvalue weighted by molar-refractivity contribution is -0.141. The molecule has 2 unspecified atom stereocenters. The van der Waals surface area contributed by atoms with Crippen molar-refractivity contribution in [2.24, 2.45) is 11.7 Å². The van der Waals surface area contributed by atoms with Gasteiger partial charge in [0.1, 0.15) is 0 Å². The second-order valence-electron chi connectivity index (χ2n) is 5.56. The first-order valence-electron chi connectivity index (χ1n) is 7.60. The molecule has 0 rings (SSSR count). The van der Waals surface area contributed by atoms with Gasteiger partial charge in [0.25, 0.3) is 0 Å². The zero-order chi connectivity index (χ0) is 16.3. The molecule has 0 aromatic heterocycles. The lowest BCUT2D eigenvalue weighted by atomic mass is 10.1. The van der Waals surface area contributed by atoms with Crippen LogP contribution in [0.25, 0.3) is 0 Å². The highest BCUT2D eigenvalue weighted by molar-refractivity contribution is 7.58. The van der Waals surface area contributed by atoms with Crippen LogP contribution in [-0.4, -0.2) is 34.2 Å². The summed E-state index contributed by atoms with van der Waals surface area (Å²) in [6.45, 7) is 2.13. The molecule has 0 fully saturated rings. The third-order valence-electron chi connectivity index (χ3n) is 3.46. The predicted octanol–water partition coefficient (Wildman–Crippen LogP) is 2.58. The van der Waals surface area contributed by atoms with Crippen molar-refractivity contribution in [3.8, 4) is 0 Å². The van der Waals surface area contributed by atoms with Crippen molar-refractivity contribution in [1.82, 2.24) is 0 Å². The fraction of sp³-hybridized carbons (Fsp3) is 0.857. The zero-order valence-electron chi connectivity index (χ0n) is 12.8. The molecule has 0 aromatic rings. The molecule has 0 saturated heterocycles. The molecular weight excluding hydrogens is 293 g/mol. The number of rotatable bonds is 13. The van der Waals surface area contributed by atoms with Crippen LogP contribution in [0.4, 0.5) is 0 Å². The zero-order valence-corrected chi connectivity index (χ0v) is 13.7. The molecule has 1 amide bonds. The van der Waals surface area contributed by atoms with Crippen molar-refractivity contribution in [3.63, 3.8) is 0 Å². The summed E-state index contributed by atoms with van der Waals surface area (Å²) in [5.41, 5.74) is 4.98. The number of amides is 1. The molecule has 0 radical (unpaired) electrons. The van der Waals surface area contributed by atoms with Gasteiger partial charge in [-0.25, -0.2) is 0 Å². The Bertz CT molecular complexity index is 372. The second-order valence-corrected chi connectivity index (χ2v) is 8.07. The van der Waals surface area contributed by atoms with E-state index in [0.29, 0.717) is 6.42 Å². The van der Waals surface area contributed by atoms with Crippen LogP contribution in [-0.2, 0) is 14.2 Å². The van der Waals surface area contributed by atoms with Gasteiger partial charge in [0.15, 0.2) is 0 Å². The molecule has 2 atom stereocenters. The van der Waals surface area contributed by atoms with Crippen LogP contribution in [0, 0.1) is 5.92 Å². The number of nitrogens with two attached hydrogens (primary N) is 1. The lowest BCUT2D eigenvalue weighted by Gasteiger charge is -2.16. The Labute approximate surface area is 126 Å². The Kier molecular flexibility index (Phi) is 10.4. The molecule has 6 nitrogen and oxygen atoms in total. The Morgan fingerprint density at radius 2 is 1.71 bits per heavy atom. The molecule has 7 heteroatoms. The minimum absolute atomic E-state index is 0.0196. The highest BCUT2D eigenvalue weighted by Gasteiger charge is 2.28. The fourth-order valence-corrected chi connectivity index (χ4v) is 4.11. The number of carboxylic acid groups (broad SMARTS) is 1. The van der Waals surface area contributed by atoms with Gasteiger partial charge in [-0.05, 0) is 12.8 Å². The first kappa shape index (κ1) is 20.1. The molecule has 0 aliphatic rings. The minimum atomic E-state index is -3.45. The van der Waals surface area contributed by atoms with Crippen LogP contribution in [0.2, 0.25) is 0 Å². The molecule has 21 heavy (non-hydrogen) atoms. The van der Waals surface area contributed by atoms with Crippen molar-refractivity contribution < 1.29 is 24.2 Å². The van der Waals surface area contributed by atoms with E-state index >= 15 is 0 Å². The van der Waals surface area contributed by atoms with Crippen molar-refractivity contribution in [2.45, 2.75) is 58.3 Å². The van der Waals surface area contributed by atoms with E-state index in [1.807, 2.05) is 0 Å². The number of carbonyl (C=O) groups is 2. The van der Waals surface area contributed by atoms with E-state index in [0.717, 1.165) is 25.7 Å². The molecule has 0 aliphatic carbocycles. The number of primary amides is 1. The third-order valence-corrected chi connectivity index (χ3v) is 5.48. The van der Waals surface area contributed by atoms with Gasteiger partial charge in [-0.3, -0.25) is 14.2 Å². The van der Waals surface area contributed by atoms with Gasteiger partial charge in [0.05, 0.1) is 5.92 Å². The van der Waals surface area contributed by atoms with Crippen LogP contribution in [0.3, 0.4) is 0 Å². The van der Waals surface area contributed by atoms with E-state index < -0.39 is 25.2 Å². The van der Waals surface area contributed by atoms with Crippen molar-refractivity contribution >= 4 is 19.2 Å². The molecule has 0 spiro atoms. The molecular formula is C14H28NO5P. The number of unbranched alkanes of at least 4 members (excludes halogenated alkanes) is 5. The van der Waals surface area contributed by atoms with Gasteiger partial charge in [-0.1, -0.05) is 39.0 Å². The van der Waals surface area contributed by atoms with E-state index in [2.05, 4.69) is 6.92 Å². The maximum absolute atomic E-state index is 12.0. The van der Waals surface area contributed by atoms with E-state index in [4.69, 9.17) is 10.8 Å². The van der Waals surface area contributed by atoms with E-state index in [9.17, 15) is 19.0 Å². The predicted molar refractivity (Wildman–Crippen MR) is 82.5 cm³/mol. The second kappa shape index (κ2) is 10.8. The first-order valence-corrected chi connectivity index (χ1v) is 9.63. The number of carbonyl (C=O) groups excluding carboxylic acids is 1. The van der Waals surface area contributed by atoms with Crippen LogP contribution in [0.1, 0.15) is 58.3 Å². The highest BCUT2D eigenvalue weighted by atomic mass is 31.2. The maximum atomic E-state index is 12.0. The maximum Gasteiger partial charge on any atom is 0.307 e. The summed E-state index contributed by atoms with van der Waals surface area (Å²) in [7, 11) is -3.45. The monoisotopic (exact) mass is 321 g/mol. The summed E-state index contributed by atoms with van der Waals surface area (Å²) in [5, 5.41) is 9.03. The topological polar surface area (TPSA) is 118 Å². The Morgan fingerprint density at radius 1 is 1.14 bits per heavy atom. The molecule has 0 aromatic carbocycles. The van der Waals surface area contributed by atoms with Crippen LogP contribution in [0.5, 0.6) is 0 Å². The van der Waals surface area contributed by atoms with Gasteiger partial charge in [-0.15, -0.1) is 0 Å². The number of aliphatic carboxylic acids is 1. The van der Waals surface area contributed by atoms with Gasteiger partial charge >= 0.3 is 5.97 Å². The smallest absolute Gasteiger partial charge is 0.307 e. The molecule has 124 valence electrons. The van der Waals surface area contributed by atoms with Gasteiger partial charge in [-0.2, -0.15) is 0 Å². The molecule has 0 heterocycles. The molecule has 0 saturated carbocycles. The molecule has 0 aliphatic heterocycles. The number of hydrogen-bond acceptors (Lipinski definition) is 3. The quantitative estimate of drug-likeness (QED) is 0.356. The van der Waals surface area contributed by atoms with Crippen molar-refractivity contribution in [1.29, 1.82) is 0 Å². The largest absolute Gasteiger partial charge is 0.481 e. The lowest BCUT2D eigenvalue weighted by Crippen LogP contribution is -2.22. The Hall–Kier alpha value is -0.870. The van der Waals surface area contributed by atoms with Gasteiger partial charge in [0.2, 0.25) is 13.3 Å². The highest BCUT2D eigenvalue weighted by Crippen LogP contribution is 2.44. The summed E-state index contributed by atoms with van der Waals surface area (Å²) in [5.74, 6) is -2.72. The van der Waals surface area contributed by atoms with E-state index in [-0.39, 0.29) is 25.2 Å². The normalized spacial score (nSPS) is 15.3. The van der Waals surface area contributed by atoms with E-state index in [1.165, 1.54) is 6.42 Å². The fourth-order valence-electron chi connectivity index (χ4n) is 2.18. The average Bonchev–Trinajstić information content (AvgIpc) is 2.38. The first-order chi connectivity index (χ1) is 9.78. The summed E-state index contributed by atoms with van der Waals surface area (Å²) in [6, 6.07) is 0. The SMILES string of the molecule is CCCCCCCCP(=O)(O)CC(CCC(N)=O)C(=O)O. The summed E-state index contributed by atoms with van der Waals surface area (Å²) in [4.78, 5) is 31.6. The standard InChI is InChI=1S/C14H28NO5P/c1-2-3-4-5-6-7-10-21(19,20)11-12(14(17)18)8-9-13(15)16/h12H,2-11H2,1H3,(H2,15,16)(H,17,18)(H,19,20). The Morgan fingerprint density at radius 3 is 2.24 bits per heavy atom. The van der Waals surface area contributed by atoms with Crippen molar-refractivity contribution in [2.75, 3.05) is 12.3 Å². The van der Waals surface area contributed by atoms with Crippen LogP contribution >= 0.6 is 7.37 Å². The average molecular weight is 321 g/mol. The third kappa shape index (κ3) is 11.5. The molecule has 0 bridgehead atoms. The Balaban J connectivity index is 4.12. The summed E-state index contributed by atoms with van der Waals surface area (Å²) in [6.07, 6.45) is 5.84. The van der Waals surface area contributed by atoms with E-state index in [1.54, 1.807) is 0 Å². The molecule has 4 N–H and O–H groups in total. The number of carboxylic acids is 1.